The molecule has 0 aromatic heterocycles. The van der Waals surface area contributed by atoms with Crippen molar-refractivity contribution in [1.29, 1.82) is 5.26 Å². The number of benzene rings is 2. The molecule has 0 aliphatic carbocycles. The van der Waals surface area contributed by atoms with E-state index in [9.17, 15) is 4.79 Å². The third-order valence-corrected chi connectivity index (χ3v) is 3.39. The summed E-state index contributed by atoms with van der Waals surface area (Å²) in [6, 6.07) is 15.1. The third-order valence-electron chi connectivity index (χ3n) is 3.39. The van der Waals surface area contributed by atoms with Crippen LogP contribution in [0.3, 0.4) is 0 Å². The van der Waals surface area contributed by atoms with Crippen LogP contribution < -0.4 is 0 Å². The van der Waals surface area contributed by atoms with Crippen molar-refractivity contribution in [3.63, 3.8) is 0 Å². The number of Topliss-reactive ketones (excluding diaryl/α,β-unsaturated/α-hetero) is 1. The van der Waals surface area contributed by atoms with Crippen molar-refractivity contribution in [2.45, 2.75) is 13.3 Å². The molecule has 3 nitrogen and oxygen atoms in total. The van der Waals surface area contributed by atoms with Gasteiger partial charge in [0.15, 0.2) is 5.78 Å². The van der Waals surface area contributed by atoms with Gasteiger partial charge in [0.05, 0.1) is 29.5 Å². The number of ketones is 1. The molecule has 2 aromatic rings. The predicted molar refractivity (Wildman–Crippen MR) is 77.5 cm³/mol. The van der Waals surface area contributed by atoms with Gasteiger partial charge in [-0.2, -0.15) is 5.26 Å². The number of nitriles is 1. The second kappa shape index (κ2) is 4.75. The van der Waals surface area contributed by atoms with E-state index < -0.39 is 0 Å². The Bertz CT molecular complexity index is 765. The summed E-state index contributed by atoms with van der Waals surface area (Å²) in [7, 11) is 0. The minimum absolute atomic E-state index is 0.0164. The molecular formula is C17H12N2O. The third kappa shape index (κ3) is 2.12. The Morgan fingerprint density at radius 2 is 1.90 bits per heavy atom. The number of aliphatic imine (C=N–C) groups is 1. The molecule has 0 spiro atoms. The van der Waals surface area contributed by atoms with Gasteiger partial charge in [0.2, 0.25) is 0 Å². The molecule has 0 atom stereocenters. The van der Waals surface area contributed by atoms with Gasteiger partial charge in [-0.25, -0.2) is 0 Å². The summed E-state index contributed by atoms with van der Waals surface area (Å²) in [5, 5.41) is 8.88. The summed E-state index contributed by atoms with van der Waals surface area (Å²) in [6.07, 6.45) is 0.283. The van der Waals surface area contributed by atoms with Gasteiger partial charge in [0.1, 0.15) is 0 Å². The first-order chi connectivity index (χ1) is 9.67. The molecule has 0 N–H and O–H groups in total. The Kier molecular flexibility index (Phi) is 2.92. The predicted octanol–water partition coefficient (Wildman–Crippen LogP) is 3.57. The highest BCUT2D eigenvalue weighted by atomic mass is 16.1. The number of rotatable bonds is 1. The van der Waals surface area contributed by atoms with Gasteiger partial charge < -0.3 is 0 Å². The maximum absolute atomic E-state index is 12.2. The number of carbonyl (C=O) groups excluding carboxylic acids is 1. The van der Waals surface area contributed by atoms with Gasteiger partial charge in [0.25, 0.3) is 0 Å². The number of hydrogen-bond donors (Lipinski definition) is 0. The first kappa shape index (κ1) is 12.3. The summed E-state index contributed by atoms with van der Waals surface area (Å²) in [6.45, 7) is 2.02. The Balaban J connectivity index is 2.08. The molecular weight excluding hydrogens is 248 g/mol. The molecule has 0 bridgehead atoms. The topological polar surface area (TPSA) is 53.2 Å². The van der Waals surface area contributed by atoms with Gasteiger partial charge in [-0.15, -0.1) is 0 Å². The van der Waals surface area contributed by atoms with E-state index >= 15 is 0 Å². The standard InChI is InChI=1S/C17H12N2O/c1-11-2-5-13(6-3-11)16-9-17(20)14-8-12(10-18)4-7-15(14)19-16/h2-8H,9H2,1H3. The summed E-state index contributed by atoms with van der Waals surface area (Å²) in [5.74, 6) is 0.0164. The van der Waals surface area contributed by atoms with Crippen LogP contribution in [0.4, 0.5) is 5.69 Å². The van der Waals surface area contributed by atoms with Crippen LogP contribution in [0.1, 0.15) is 33.5 Å². The van der Waals surface area contributed by atoms with Crippen LogP contribution in [0, 0.1) is 18.3 Å². The van der Waals surface area contributed by atoms with Gasteiger partial charge >= 0.3 is 0 Å². The minimum Gasteiger partial charge on any atom is -0.294 e. The molecule has 3 rings (SSSR count). The van der Waals surface area contributed by atoms with Gasteiger partial charge in [-0.05, 0) is 30.7 Å². The van der Waals surface area contributed by atoms with E-state index in [1.165, 1.54) is 5.56 Å². The fourth-order valence-corrected chi connectivity index (χ4v) is 2.27. The number of carbonyl (C=O) groups is 1. The van der Waals surface area contributed by atoms with Gasteiger partial charge in [0, 0.05) is 5.56 Å². The summed E-state index contributed by atoms with van der Waals surface area (Å²) >= 11 is 0. The quantitative estimate of drug-likeness (QED) is 0.787. The number of nitrogens with zero attached hydrogens (tertiary/aromatic N) is 2. The molecule has 0 amide bonds. The summed E-state index contributed by atoms with van der Waals surface area (Å²) in [4.78, 5) is 16.8. The Hall–Kier alpha value is -2.73. The smallest absolute Gasteiger partial charge is 0.171 e. The van der Waals surface area contributed by atoms with Gasteiger partial charge in [-0.3, -0.25) is 9.79 Å². The minimum atomic E-state index is 0.0164. The van der Waals surface area contributed by atoms with Crippen molar-refractivity contribution in [1.82, 2.24) is 0 Å². The normalized spacial score (nSPS) is 13.4. The average molecular weight is 260 g/mol. The molecule has 1 aliphatic rings. The summed E-state index contributed by atoms with van der Waals surface area (Å²) < 4.78 is 0. The molecule has 0 saturated carbocycles. The lowest BCUT2D eigenvalue weighted by atomic mass is 9.95. The van der Waals surface area contributed by atoms with Crippen molar-refractivity contribution in [2.75, 3.05) is 0 Å². The largest absolute Gasteiger partial charge is 0.294 e. The average Bonchev–Trinajstić information content (AvgIpc) is 2.47. The second-order valence-corrected chi connectivity index (χ2v) is 4.87. The van der Waals surface area contributed by atoms with E-state index in [4.69, 9.17) is 5.26 Å². The monoisotopic (exact) mass is 260 g/mol. The lowest BCUT2D eigenvalue weighted by molar-refractivity contribution is 0.1000. The van der Waals surface area contributed by atoms with E-state index in [1.807, 2.05) is 37.3 Å². The highest BCUT2D eigenvalue weighted by Crippen LogP contribution is 2.28. The molecule has 96 valence electrons. The molecule has 0 saturated heterocycles. The first-order valence-electron chi connectivity index (χ1n) is 6.39. The molecule has 0 fully saturated rings. The van der Waals surface area contributed by atoms with Crippen LogP contribution >= 0.6 is 0 Å². The molecule has 0 radical (unpaired) electrons. The molecule has 1 heterocycles. The van der Waals surface area contributed by atoms with Crippen LogP contribution in [-0.2, 0) is 0 Å². The van der Waals surface area contributed by atoms with Crippen LogP contribution in [0.25, 0.3) is 0 Å². The fraction of sp³-hybridized carbons (Fsp3) is 0.118. The van der Waals surface area contributed by atoms with Crippen molar-refractivity contribution in [2.24, 2.45) is 4.99 Å². The highest BCUT2D eigenvalue weighted by Gasteiger charge is 2.21. The molecule has 0 unspecified atom stereocenters. The van der Waals surface area contributed by atoms with Gasteiger partial charge in [-0.1, -0.05) is 29.8 Å². The molecule has 20 heavy (non-hydrogen) atoms. The number of hydrogen-bond acceptors (Lipinski definition) is 3. The van der Waals surface area contributed by atoms with E-state index in [0.717, 1.165) is 11.3 Å². The fourth-order valence-electron chi connectivity index (χ4n) is 2.27. The number of fused-ring (bicyclic) bond motifs is 1. The van der Waals surface area contributed by atoms with Crippen molar-refractivity contribution in [3.05, 3.63) is 64.7 Å². The Labute approximate surface area is 117 Å². The zero-order valence-electron chi connectivity index (χ0n) is 11.1. The summed E-state index contributed by atoms with van der Waals surface area (Å²) in [5.41, 5.74) is 4.61. The van der Waals surface area contributed by atoms with Crippen LogP contribution in [0.5, 0.6) is 0 Å². The number of aryl methyl sites for hydroxylation is 1. The SMILES string of the molecule is Cc1ccc(C2=Nc3ccc(C#N)cc3C(=O)C2)cc1. The highest BCUT2D eigenvalue weighted by molar-refractivity contribution is 6.20. The maximum Gasteiger partial charge on any atom is 0.171 e. The molecule has 2 aromatic carbocycles. The lowest BCUT2D eigenvalue weighted by Gasteiger charge is -2.15. The van der Waals surface area contributed by atoms with E-state index in [1.54, 1.807) is 18.2 Å². The lowest BCUT2D eigenvalue weighted by Crippen LogP contribution is -2.14. The van der Waals surface area contributed by atoms with Crippen molar-refractivity contribution < 1.29 is 4.79 Å². The van der Waals surface area contributed by atoms with Crippen LogP contribution in [0.2, 0.25) is 0 Å². The van der Waals surface area contributed by atoms with E-state index in [2.05, 4.69) is 4.99 Å². The Morgan fingerprint density at radius 1 is 1.15 bits per heavy atom. The zero-order chi connectivity index (χ0) is 14.1. The van der Waals surface area contributed by atoms with Crippen LogP contribution in [0.15, 0.2) is 47.5 Å². The van der Waals surface area contributed by atoms with E-state index in [0.29, 0.717) is 16.8 Å². The second-order valence-electron chi connectivity index (χ2n) is 4.87. The zero-order valence-corrected chi connectivity index (χ0v) is 11.1. The maximum atomic E-state index is 12.2. The Morgan fingerprint density at radius 3 is 2.60 bits per heavy atom. The van der Waals surface area contributed by atoms with Crippen molar-refractivity contribution >= 4 is 17.2 Å². The molecule has 1 aliphatic heterocycles. The van der Waals surface area contributed by atoms with Crippen LogP contribution in [-0.4, -0.2) is 11.5 Å². The van der Waals surface area contributed by atoms with E-state index in [-0.39, 0.29) is 12.2 Å². The first-order valence-corrected chi connectivity index (χ1v) is 6.39. The van der Waals surface area contributed by atoms with Crippen molar-refractivity contribution in [3.8, 4) is 6.07 Å². The molecule has 3 heteroatoms.